The molecule has 0 spiro atoms. The highest BCUT2D eigenvalue weighted by molar-refractivity contribution is 6.04. The normalized spacial score (nSPS) is 15.7. The fourth-order valence-corrected chi connectivity index (χ4v) is 5.19. The summed E-state index contributed by atoms with van der Waals surface area (Å²) in [6.45, 7) is 10.7. The summed E-state index contributed by atoms with van der Waals surface area (Å²) in [5, 5.41) is 17.4. The number of aliphatic hydroxyl groups excluding tert-OH is 1. The first-order valence-corrected chi connectivity index (χ1v) is 14.6. The van der Waals surface area contributed by atoms with E-state index in [1.807, 2.05) is 13.8 Å². The molecule has 8 heteroatoms. The number of hydrogen-bond donors (Lipinski definition) is 4. The molecule has 8 nitrogen and oxygen atoms in total. The number of primary amides is 1. The number of amides is 3. The zero-order valence-electron chi connectivity index (χ0n) is 23.9. The van der Waals surface area contributed by atoms with E-state index in [2.05, 4.69) is 24.5 Å². The van der Waals surface area contributed by atoms with Crippen LogP contribution in [0.2, 0.25) is 0 Å². The minimum Gasteiger partial charge on any atom is -0.390 e. The molecule has 1 aromatic rings. The molecule has 0 heterocycles. The summed E-state index contributed by atoms with van der Waals surface area (Å²) in [6.07, 6.45) is 8.34. The van der Waals surface area contributed by atoms with Gasteiger partial charge in [0, 0.05) is 36.3 Å². The molecule has 1 aliphatic carbocycles. The van der Waals surface area contributed by atoms with Crippen LogP contribution in [0.25, 0.3) is 0 Å². The standard InChI is InChI=1S/C30H50N4O4/c1-5-14-34(15-6-2)30(38)25-18-23(28(31)36)17-24(19-25)29(37)33-26(16-22-10-8-7-9-11-22)27(35)20-32-13-12-21(3)4/h17-19,21-22,26-27,32,35H,5-16,20H2,1-4H3,(H2,31,36)(H,33,37)/t26-,27+/m0/s1. The molecule has 0 bridgehead atoms. The van der Waals surface area contributed by atoms with E-state index in [0.29, 0.717) is 37.9 Å². The first-order valence-electron chi connectivity index (χ1n) is 14.6. The number of benzene rings is 1. The van der Waals surface area contributed by atoms with Crippen LogP contribution in [-0.2, 0) is 0 Å². The van der Waals surface area contributed by atoms with Gasteiger partial charge in [0.25, 0.3) is 11.8 Å². The quantitative estimate of drug-likeness (QED) is 0.239. The first-order chi connectivity index (χ1) is 18.2. The van der Waals surface area contributed by atoms with Crippen molar-refractivity contribution in [1.29, 1.82) is 0 Å². The Hall–Kier alpha value is -2.45. The largest absolute Gasteiger partial charge is 0.390 e. The van der Waals surface area contributed by atoms with Gasteiger partial charge in [-0.1, -0.05) is 59.8 Å². The van der Waals surface area contributed by atoms with Crippen molar-refractivity contribution >= 4 is 17.7 Å². The van der Waals surface area contributed by atoms with Gasteiger partial charge in [0.15, 0.2) is 0 Å². The second kappa shape index (κ2) is 16.5. The molecule has 214 valence electrons. The van der Waals surface area contributed by atoms with Gasteiger partial charge < -0.3 is 26.4 Å². The van der Waals surface area contributed by atoms with E-state index in [9.17, 15) is 19.5 Å². The van der Waals surface area contributed by atoms with Crippen molar-refractivity contribution in [1.82, 2.24) is 15.5 Å². The minimum atomic E-state index is -0.752. The second-order valence-electron chi connectivity index (χ2n) is 11.2. The Balaban J connectivity index is 2.26. The molecule has 2 atom stereocenters. The maximum Gasteiger partial charge on any atom is 0.253 e. The maximum atomic E-state index is 13.5. The van der Waals surface area contributed by atoms with Gasteiger partial charge in [0.05, 0.1) is 12.1 Å². The van der Waals surface area contributed by atoms with Crippen LogP contribution in [-0.4, -0.2) is 66.1 Å². The number of aliphatic hydroxyl groups is 1. The molecular formula is C30H50N4O4. The number of rotatable bonds is 16. The monoisotopic (exact) mass is 530 g/mol. The number of nitrogens with zero attached hydrogens (tertiary/aromatic N) is 1. The minimum absolute atomic E-state index is 0.119. The van der Waals surface area contributed by atoms with Crippen molar-refractivity contribution < 1.29 is 19.5 Å². The number of nitrogens with two attached hydrogens (primary N) is 1. The lowest BCUT2D eigenvalue weighted by molar-refractivity contribution is 0.0755. The topological polar surface area (TPSA) is 125 Å². The molecule has 1 aliphatic rings. The summed E-state index contributed by atoms with van der Waals surface area (Å²) in [5.74, 6) is -0.317. The van der Waals surface area contributed by atoms with Crippen molar-refractivity contribution in [2.75, 3.05) is 26.2 Å². The molecule has 0 saturated heterocycles. The van der Waals surface area contributed by atoms with E-state index in [1.165, 1.54) is 37.5 Å². The van der Waals surface area contributed by atoms with Crippen LogP contribution in [0.4, 0.5) is 0 Å². The molecule has 2 rings (SSSR count). The van der Waals surface area contributed by atoms with E-state index in [1.54, 1.807) is 4.90 Å². The lowest BCUT2D eigenvalue weighted by atomic mass is 9.83. The van der Waals surface area contributed by atoms with Crippen molar-refractivity contribution in [3.8, 4) is 0 Å². The van der Waals surface area contributed by atoms with E-state index < -0.39 is 24.0 Å². The SMILES string of the molecule is CCCN(CCC)C(=O)c1cc(C(N)=O)cc(C(=O)N[C@@H](CC2CCCCC2)[C@H](O)CNCCC(C)C)c1. The summed E-state index contributed by atoms with van der Waals surface area (Å²) in [6, 6.07) is 3.99. The van der Waals surface area contributed by atoms with Crippen LogP contribution in [0.15, 0.2) is 18.2 Å². The lowest BCUT2D eigenvalue weighted by Gasteiger charge is -2.30. The summed E-state index contributed by atoms with van der Waals surface area (Å²) in [5.41, 5.74) is 6.15. The van der Waals surface area contributed by atoms with Gasteiger partial charge in [0.1, 0.15) is 0 Å². The Morgan fingerprint density at radius 3 is 2.18 bits per heavy atom. The van der Waals surface area contributed by atoms with Crippen molar-refractivity contribution in [2.24, 2.45) is 17.6 Å². The summed E-state index contributed by atoms with van der Waals surface area (Å²) < 4.78 is 0. The zero-order valence-corrected chi connectivity index (χ0v) is 23.9. The smallest absolute Gasteiger partial charge is 0.253 e. The predicted octanol–water partition coefficient (Wildman–Crippen LogP) is 4.11. The average molecular weight is 531 g/mol. The zero-order chi connectivity index (χ0) is 28.1. The number of carbonyl (C=O) groups excluding carboxylic acids is 3. The highest BCUT2D eigenvalue weighted by Gasteiger charge is 2.27. The van der Waals surface area contributed by atoms with Crippen LogP contribution >= 0.6 is 0 Å². The van der Waals surface area contributed by atoms with Gasteiger partial charge in [-0.15, -0.1) is 0 Å². The molecule has 38 heavy (non-hydrogen) atoms. The van der Waals surface area contributed by atoms with Crippen LogP contribution < -0.4 is 16.4 Å². The Morgan fingerprint density at radius 2 is 1.61 bits per heavy atom. The summed E-state index contributed by atoms with van der Waals surface area (Å²) in [4.78, 5) is 40.5. The first kappa shape index (κ1) is 31.8. The van der Waals surface area contributed by atoms with E-state index in [-0.39, 0.29) is 22.6 Å². The third-order valence-electron chi connectivity index (χ3n) is 7.35. The fourth-order valence-electron chi connectivity index (χ4n) is 5.19. The molecule has 1 fully saturated rings. The van der Waals surface area contributed by atoms with E-state index in [0.717, 1.165) is 38.6 Å². The van der Waals surface area contributed by atoms with Gasteiger partial charge >= 0.3 is 0 Å². The maximum absolute atomic E-state index is 13.5. The second-order valence-corrected chi connectivity index (χ2v) is 11.2. The average Bonchev–Trinajstić information content (AvgIpc) is 2.90. The third kappa shape index (κ3) is 10.4. The Bertz CT molecular complexity index is 892. The molecule has 1 aromatic carbocycles. The van der Waals surface area contributed by atoms with Gasteiger partial charge in [-0.05, 0) is 62.3 Å². The van der Waals surface area contributed by atoms with Crippen molar-refractivity contribution in [3.63, 3.8) is 0 Å². The highest BCUT2D eigenvalue weighted by atomic mass is 16.3. The van der Waals surface area contributed by atoms with E-state index >= 15 is 0 Å². The summed E-state index contributed by atoms with van der Waals surface area (Å²) >= 11 is 0. The molecule has 0 unspecified atom stereocenters. The van der Waals surface area contributed by atoms with Gasteiger partial charge in [-0.25, -0.2) is 0 Å². The molecule has 3 amide bonds. The Kier molecular flexibility index (Phi) is 13.8. The van der Waals surface area contributed by atoms with Crippen LogP contribution in [0.3, 0.4) is 0 Å². The van der Waals surface area contributed by atoms with Crippen LogP contribution in [0, 0.1) is 11.8 Å². The van der Waals surface area contributed by atoms with Gasteiger partial charge in [-0.3, -0.25) is 14.4 Å². The summed E-state index contributed by atoms with van der Waals surface area (Å²) in [7, 11) is 0. The molecule has 0 aliphatic heterocycles. The molecular weight excluding hydrogens is 480 g/mol. The number of carbonyl (C=O) groups is 3. The molecule has 0 radical (unpaired) electrons. The highest BCUT2D eigenvalue weighted by Crippen LogP contribution is 2.28. The predicted molar refractivity (Wildman–Crippen MR) is 152 cm³/mol. The lowest BCUT2D eigenvalue weighted by Crippen LogP contribution is -2.48. The molecule has 1 saturated carbocycles. The van der Waals surface area contributed by atoms with Crippen LogP contribution in [0.1, 0.15) is 117 Å². The van der Waals surface area contributed by atoms with Crippen molar-refractivity contribution in [2.45, 2.75) is 97.6 Å². The van der Waals surface area contributed by atoms with Crippen LogP contribution in [0.5, 0.6) is 0 Å². The Labute approximate surface area is 229 Å². The van der Waals surface area contributed by atoms with E-state index in [4.69, 9.17) is 5.73 Å². The third-order valence-corrected chi connectivity index (χ3v) is 7.35. The molecule has 0 aromatic heterocycles. The number of nitrogens with one attached hydrogen (secondary N) is 2. The fraction of sp³-hybridized carbons (Fsp3) is 0.700. The van der Waals surface area contributed by atoms with Gasteiger partial charge in [0.2, 0.25) is 5.91 Å². The number of hydrogen-bond acceptors (Lipinski definition) is 5. The Morgan fingerprint density at radius 1 is 1.00 bits per heavy atom. The van der Waals surface area contributed by atoms with Gasteiger partial charge in [-0.2, -0.15) is 0 Å². The van der Waals surface area contributed by atoms with Crippen molar-refractivity contribution in [3.05, 3.63) is 34.9 Å². The molecule has 5 N–H and O–H groups in total.